The third kappa shape index (κ3) is 28.9. The summed E-state index contributed by atoms with van der Waals surface area (Å²) >= 11 is 0. The number of hydrogen-bond acceptors (Lipinski definition) is 24. The number of amides is 10. The van der Waals surface area contributed by atoms with Crippen LogP contribution in [0.25, 0.3) is 33.3 Å². The molecule has 2 saturated heterocycles. The molecule has 10 amide bonds. The van der Waals surface area contributed by atoms with Gasteiger partial charge in [-0.3, -0.25) is 38.5 Å². The van der Waals surface area contributed by atoms with Crippen LogP contribution in [0, 0.1) is 29.1 Å². The van der Waals surface area contributed by atoms with E-state index < -0.39 is 131 Å². The van der Waals surface area contributed by atoms with Gasteiger partial charge in [0.25, 0.3) is 0 Å². The Bertz CT molecular complexity index is 5820. The van der Waals surface area contributed by atoms with Gasteiger partial charge in [0.2, 0.25) is 41.4 Å². The molecule has 790 valence electrons. The van der Waals surface area contributed by atoms with Crippen LogP contribution in [0.5, 0.6) is 5.75 Å². The van der Waals surface area contributed by atoms with E-state index in [-0.39, 0.29) is 144 Å². The number of hydrazine groups is 1. The van der Waals surface area contributed by atoms with E-state index in [4.69, 9.17) is 46.5 Å². The van der Waals surface area contributed by atoms with Crippen LogP contribution in [0.15, 0.2) is 170 Å². The van der Waals surface area contributed by atoms with Crippen LogP contribution in [0.3, 0.4) is 0 Å². The Hall–Kier alpha value is -12.4. The zero-order chi connectivity index (χ0) is 105. The van der Waals surface area contributed by atoms with Gasteiger partial charge >= 0.3 is 28.7 Å². The van der Waals surface area contributed by atoms with E-state index >= 15 is 4.79 Å². The summed E-state index contributed by atoms with van der Waals surface area (Å²) in [6, 6.07) is 47.1. The third-order valence-electron chi connectivity index (χ3n) is 28.2. The quantitative estimate of drug-likeness (QED) is 0.0134. The number of ether oxygens (including phenoxy) is 7. The Balaban J connectivity index is 0.601. The fourth-order valence-electron chi connectivity index (χ4n) is 20.0. The molecule has 6 aromatic carbocycles. The molecule has 2 aromatic heterocycles. The highest BCUT2D eigenvalue weighted by Gasteiger charge is 2.46. The average molecular weight is 2040 g/mol. The van der Waals surface area contributed by atoms with E-state index in [1.165, 1.54) is 49.4 Å². The minimum absolute atomic E-state index is 0.00856. The molecule has 5 N–H and O–H groups in total. The van der Waals surface area contributed by atoms with Crippen molar-refractivity contribution in [2.45, 2.75) is 220 Å². The fraction of sp³-hybridized carbons (Fsp3) is 0.518. The van der Waals surface area contributed by atoms with Gasteiger partial charge in [-0.2, -0.15) is 8.42 Å². The second-order valence-electron chi connectivity index (χ2n) is 40.3. The highest BCUT2D eigenvalue weighted by molar-refractivity contribution is 7.82. The molecule has 2 fully saturated rings. The number of carbonyl (C=O) groups excluding carboxylic acids is 10. The predicted octanol–water partition coefficient (Wildman–Crippen LogP) is 14.0. The van der Waals surface area contributed by atoms with Crippen LogP contribution < -0.4 is 25.5 Å². The summed E-state index contributed by atoms with van der Waals surface area (Å²) in [4.78, 5) is 155. The fourth-order valence-corrected chi connectivity index (χ4v) is 20.9. The third-order valence-corrected chi connectivity index (χ3v) is 29.0. The summed E-state index contributed by atoms with van der Waals surface area (Å²) in [6.45, 7) is 21.4. The van der Waals surface area contributed by atoms with E-state index in [0.29, 0.717) is 76.0 Å². The lowest BCUT2D eigenvalue weighted by molar-refractivity contribution is -0.148. The van der Waals surface area contributed by atoms with E-state index in [1.54, 1.807) is 110 Å². The van der Waals surface area contributed by atoms with Crippen molar-refractivity contribution in [2.75, 3.05) is 127 Å². The summed E-state index contributed by atoms with van der Waals surface area (Å²) in [5, 5.41) is 26.4. The largest absolute Gasteiger partial charge is 0.449 e. The number of hydrogen-bond donors (Lipinski definition) is 5. The number of likely N-dealkylation sites (N-methyl/N-ethyl adjacent to an activating group) is 2. The molecule has 10 atom stereocenters. The Labute approximate surface area is 857 Å². The summed E-state index contributed by atoms with van der Waals surface area (Å²) in [5.74, 6) is -5.48. The molecule has 0 radical (unpaired) electrons. The number of carbonyl (C=O) groups is 10. The van der Waals surface area contributed by atoms with Crippen LogP contribution in [0.2, 0.25) is 0 Å². The topological polar surface area (TPSA) is 397 Å². The highest BCUT2D eigenvalue weighted by Crippen LogP contribution is 2.47. The Kier molecular flexibility index (Phi) is 40.2. The monoisotopic (exact) mass is 2030 g/mol. The van der Waals surface area contributed by atoms with Crippen molar-refractivity contribution in [2.24, 2.45) is 29.1 Å². The number of anilines is 1. The molecule has 0 unspecified atom stereocenters. The predicted molar refractivity (Wildman–Crippen MR) is 552 cm³/mol. The molecule has 4 heterocycles. The normalized spacial score (nSPS) is 16.1. The summed E-state index contributed by atoms with van der Waals surface area (Å²) < 4.78 is 81.3. The van der Waals surface area contributed by atoms with Crippen LogP contribution in [-0.2, 0) is 101 Å². The van der Waals surface area contributed by atoms with Gasteiger partial charge in [-0.25, -0.2) is 33.6 Å². The molecular weight excluding hydrogens is 1890 g/mol. The van der Waals surface area contributed by atoms with Crippen LogP contribution in [0.1, 0.15) is 191 Å². The minimum Gasteiger partial charge on any atom is -0.448 e. The number of aliphatic hydroxyl groups excluding tert-OH is 1. The van der Waals surface area contributed by atoms with Crippen molar-refractivity contribution in [3.05, 3.63) is 209 Å². The standard InChI is InChI=1S/C110H147N13O22S/c1-18-72(6)100(93(137-16)64-97(127)123-53-31-43-91(123)102(138-17)73(7)104(129)113-74(8)101(128)76-32-20-19-21-33-76)117(13)106(131)98(70(2)3)115-105(130)99(71(4)5)118(14)107(132)141-66-75-44-45-92(145-146(135,136)144-69-110(9,10)11)90(62-75)114-95(125)46-52-111-94(124)50-58-139-60-61-140-59-57-122(109(134)143-68-89-86-41-28-24-37-82(86)83-38-25-29-42-87(83)89)78-47-54-120(55-48-78)96(126)49-56-121-79(63-77-34-30-51-112-103(77)121)65-116(12)119(15)108(133)142-67-88-84-39-26-22-35-80(84)81-36-23-27-40-85(81)88/h19-30,32-42,44-45,51,62-63,70-74,78,88-89,91,93,98-102,128H,18,31,43,46-50,52-61,64-69H2,1-17H3,(H,111,124)(H,113,129)(H,114,125)(H,115,130)/t72-,73+,74+,91-,93+,98-,99-,100-,101+,102+/m0/s1. The Morgan fingerprint density at radius 2 is 1.20 bits per heavy atom. The molecular formula is C110H147N13O22S. The second kappa shape index (κ2) is 52.3. The Morgan fingerprint density at radius 3 is 1.78 bits per heavy atom. The SMILES string of the molecule is CC[C@H](C)[C@@H]([C@@H](CC(=O)N1CCC[C@H]1[C@H](OC)[C@@H](C)C(=O)N[C@H](C)[C@@H](O)c1ccccc1)OC)N(C)C(=O)[C@@H](NC(=O)[C@H](C(C)C)N(C)C(=O)OCc1ccc(OS(=O)(=O)OCC(C)(C)C)c(NC(=O)CCNC(=O)CCOCCOCCN(C(=O)OCC2c3ccccc3-c3ccccc32)C2CCN(C(=O)CCn3c(CN(C)N(C)C(=O)OCC4c5ccccc5-c5ccccc54)cc4cccnc43)CC2)c1)C(C)C. The second-order valence-corrected chi connectivity index (χ2v) is 41.5. The number of methoxy groups -OCH3 is 2. The number of piperidine rings is 1. The molecule has 2 aliphatic carbocycles. The molecule has 8 aromatic rings. The highest BCUT2D eigenvalue weighted by atomic mass is 32.3. The van der Waals surface area contributed by atoms with Gasteiger partial charge in [0.1, 0.15) is 37.6 Å². The molecule has 0 saturated carbocycles. The zero-order valence-electron chi connectivity index (χ0n) is 87.3. The number of benzene rings is 6. The van der Waals surface area contributed by atoms with Gasteiger partial charge in [-0.05, 0) is 142 Å². The van der Waals surface area contributed by atoms with Gasteiger partial charge in [0.15, 0.2) is 5.75 Å². The Morgan fingerprint density at radius 1 is 0.603 bits per heavy atom. The van der Waals surface area contributed by atoms with Gasteiger partial charge < -0.3 is 87.9 Å². The lowest BCUT2D eigenvalue weighted by atomic mass is 9.89. The smallest absolute Gasteiger partial charge is 0.448 e. The lowest BCUT2D eigenvalue weighted by Crippen LogP contribution is -2.60. The van der Waals surface area contributed by atoms with Crippen molar-refractivity contribution >= 4 is 86.7 Å². The molecule has 12 rings (SSSR count). The number of nitrogens with zero attached hydrogens (tertiary/aromatic N) is 9. The van der Waals surface area contributed by atoms with Crippen LogP contribution in [0.4, 0.5) is 20.1 Å². The zero-order valence-corrected chi connectivity index (χ0v) is 88.1. The first-order valence-corrected chi connectivity index (χ1v) is 52.0. The molecule has 4 aliphatic rings. The van der Waals surface area contributed by atoms with Crippen molar-refractivity contribution < 1.29 is 103 Å². The number of nitrogens with one attached hydrogen (secondary N) is 4. The number of pyridine rings is 1. The maximum Gasteiger partial charge on any atom is 0.449 e. The van der Waals surface area contributed by atoms with Crippen LogP contribution >= 0.6 is 0 Å². The number of likely N-dealkylation sites (tertiary alicyclic amines) is 2. The maximum absolute atomic E-state index is 15.0. The van der Waals surface area contributed by atoms with Gasteiger partial charge in [-0.15, -0.1) is 0 Å². The minimum atomic E-state index is -4.73. The van der Waals surface area contributed by atoms with E-state index in [9.17, 15) is 56.7 Å². The maximum atomic E-state index is 15.0. The van der Waals surface area contributed by atoms with Crippen molar-refractivity contribution in [3.8, 4) is 28.0 Å². The number of aryl methyl sites for hydroxylation is 1. The number of fused-ring (bicyclic) bond motifs is 7. The lowest BCUT2D eigenvalue weighted by Gasteiger charge is -2.41. The van der Waals surface area contributed by atoms with Gasteiger partial charge in [0.05, 0.1) is 94.0 Å². The number of aromatic nitrogens is 2. The number of rotatable bonds is 50. The van der Waals surface area contributed by atoms with Crippen molar-refractivity contribution in [1.29, 1.82) is 0 Å². The molecule has 0 bridgehead atoms. The molecule has 35 nitrogen and oxygen atoms in total. The summed E-state index contributed by atoms with van der Waals surface area (Å²) in [6.07, 6.45) is -0.291. The van der Waals surface area contributed by atoms with Gasteiger partial charge in [0, 0.05) is 136 Å². The molecule has 36 heteroatoms. The number of aliphatic hydroxyl groups is 1. The van der Waals surface area contributed by atoms with Crippen LogP contribution in [-0.4, -0.2) is 287 Å². The van der Waals surface area contributed by atoms with Crippen molar-refractivity contribution in [3.63, 3.8) is 0 Å². The first kappa shape index (κ1) is 112. The van der Waals surface area contributed by atoms with E-state index in [0.717, 1.165) is 60.5 Å². The van der Waals surface area contributed by atoms with E-state index in [2.05, 4.69) is 69.8 Å². The summed E-state index contributed by atoms with van der Waals surface area (Å²) in [5.41, 5.74) is 10.5. The molecule has 146 heavy (non-hydrogen) atoms. The molecule has 2 aliphatic heterocycles. The van der Waals surface area contributed by atoms with E-state index in [1.807, 2.05) is 115 Å². The first-order chi connectivity index (χ1) is 69.8. The molecule has 0 spiro atoms. The van der Waals surface area contributed by atoms with Gasteiger partial charge in [-0.1, -0.05) is 209 Å². The summed E-state index contributed by atoms with van der Waals surface area (Å²) in [7, 11) is 4.75. The average Bonchev–Trinajstić information content (AvgIpc) is 1.62. The first-order valence-electron chi connectivity index (χ1n) is 50.7. The van der Waals surface area contributed by atoms with Crippen molar-refractivity contribution in [1.82, 2.24) is 60.0 Å².